The van der Waals surface area contributed by atoms with Crippen LogP contribution in [0.1, 0.15) is 31.4 Å². The number of nitrogens with one attached hydrogen (secondary N) is 1. The van der Waals surface area contributed by atoms with Gasteiger partial charge in [-0.3, -0.25) is 9.59 Å². The van der Waals surface area contributed by atoms with E-state index >= 15 is 0 Å². The molecule has 0 aliphatic heterocycles. The molecule has 0 spiro atoms. The first-order valence-corrected chi connectivity index (χ1v) is 13.7. The van der Waals surface area contributed by atoms with Crippen LogP contribution in [0.25, 0.3) is 11.3 Å². The molecular weight excluding hydrogens is 568 g/mol. The third-order valence-corrected chi connectivity index (χ3v) is 7.54. The average Bonchev–Trinajstić information content (AvgIpc) is 3.72. The topological polar surface area (TPSA) is 135 Å². The maximum atomic E-state index is 13.6. The third kappa shape index (κ3) is 6.23. The molecular formula is C28H25ClN6O5S. The van der Waals surface area contributed by atoms with Gasteiger partial charge in [0.2, 0.25) is 0 Å². The number of carbonyl (C=O) groups excluding carboxylic acids is 1. The van der Waals surface area contributed by atoms with Crippen LogP contribution in [-0.4, -0.2) is 50.6 Å². The third-order valence-electron chi connectivity index (χ3n) is 6.31. The van der Waals surface area contributed by atoms with Crippen LogP contribution in [0.4, 0.5) is 11.5 Å². The predicted octanol–water partition coefficient (Wildman–Crippen LogP) is 4.72. The summed E-state index contributed by atoms with van der Waals surface area (Å²) in [6.07, 6.45) is 3.81. The van der Waals surface area contributed by atoms with E-state index in [-0.39, 0.29) is 16.7 Å². The van der Waals surface area contributed by atoms with Gasteiger partial charge in [-0.15, -0.1) is 11.3 Å². The summed E-state index contributed by atoms with van der Waals surface area (Å²) in [6, 6.07) is 14.2. The number of nitrogens with zero attached hydrogens (tertiary/aromatic N) is 5. The second-order valence-electron chi connectivity index (χ2n) is 9.30. The van der Waals surface area contributed by atoms with Crippen LogP contribution in [0.2, 0.25) is 4.34 Å². The summed E-state index contributed by atoms with van der Waals surface area (Å²) in [5.41, 5.74) is 1.76. The lowest BCUT2D eigenvalue weighted by Gasteiger charge is -2.18. The summed E-state index contributed by atoms with van der Waals surface area (Å²) < 4.78 is 8.60. The van der Waals surface area contributed by atoms with Crippen LogP contribution in [0, 0.1) is 0 Å². The fraction of sp³-hybridized carbons (Fsp3) is 0.179. The number of carboxylic acids is 1. The standard InChI is InChI=1S/C28H25ClN6O5S/c1-33(2)23-16-34(12-10-19-9-11-31-40-19)26(36)13-21(23)22-14-25(30-15-20-7-8-24(29)41-20)35(32-22)27(37)17-3-5-18(6-4-17)28(38)39/h3-9,11,13-14,16,30H,10,12,15H2,1-2H3,(H,38,39). The van der Waals surface area contributed by atoms with Crippen molar-refractivity contribution in [2.75, 3.05) is 24.3 Å². The Kier molecular flexibility index (Phi) is 8.04. The first-order chi connectivity index (χ1) is 19.7. The second kappa shape index (κ2) is 11.8. The molecule has 5 rings (SSSR count). The molecule has 41 heavy (non-hydrogen) atoms. The molecule has 0 amide bonds. The van der Waals surface area contributed by atoms with Crippen molar-refractivity contribution in [2.24, 2.45) is 0 Å². The Labute approximate surface area is 243 Å². The Morgan fingerprint density at radius 2 is 1.85 bits per heavy atom. The Morgan fingerprint density at radius 1 is 1.10 bits per heavy atom. The Morgan fingerprint density at radius 3 is 2.49 bits per heavy atom. The highest BCUT2D eigenvalue weighted by molar-refractivity contribution is 7.16. The number of hydrogen-bond acceptors (Lipinski definition) is 9. The Balaban J connectivity index is 1.53. The van der Waals surface area contributed by atoms with Gasteiger partial charge in [-0.25, -0.2) is 4.79 Å². The molecule has 0 unspecified atom stereocenters. The van der Waals surface area contributed by atoms with Gasteiger partial charge in [0, 0.05) is 67.5 Å². The Hall–Kier alpha value is -4.68. The van der Waals surface area contributed by atoms with Crippen LogP contribution in [0.15, 0.2) is 76.3 Å². The Bertz CT molecular complexity index is 1760. The molecule has 0 fully saturated rings. The molecule has 0 bridgehead atoms. The number of anilines is 2. The number of carbonyl (C=O) groups is 2. The summed E-state index contributed by atoms with van der Waals surface area (Å²) in [5, 5.41) is 20.8. The minimum Gasteiger partial charge on any atom is -0.478 e. The zero-order valence-corrected chi connectivity index (χ0v) is 23.6. The molecule has 13 heteroatoms. The highest BCUT2D eigenvalue weighted by Gasteiger charge is 2.21. The van der Waals surface area contributed by atoms with Crippen molar-refractivity contribution in [2.45, 2.75) is 19.5 Å². The van der Waals surface area contributed by atoms with E-state index in [2.05, 4.69) is 15.6 Å². The molecule has 0 radical (unpaired) electrons. The van der Waals surface area contributed by atoms with E-state index in [9.17, 15) is 19.5 Å². The van der Waals surface area contributed by atoms with E-state index in [1.165, 1.54) is 46.4 Å². The molecule has 4 heterocycles. The number of thiophene rings is 1. The quantitative estimate of drug-likeness (QED) is 0.236. The van der Waals surface area contributed by atoms with Gasteiger partial charge >= 0.3 is 5.97 Å². The number of pyridine rings is 1. The average molecular weight is 593 g/mol. The van der Waals surface area contributed by atoms with Crippen molar-refractivity contribution in [3.05, 3.63) is 103 Å². The van der Waals surface area contributed by atoms with Gasteiger partial charge < -0.3 is 24.4 Å². The normalized spacial score (nSPS) is 11.0. The van der Waals surface area contributed by atoms with Gasteiger partial charge in [-0.2, -0.15) is 9.78 Å². The minimum atomic E-state index is -1.09. The molecule has 0 aliphatic rings. The van der Waals surface area contributed by atoms with Crippen LogP contribution in [0.5, 0.6) is 0 Å². The monoisotopic (exact) mass is 592 g/mol. The maximum Gasteiger partial charge on any atom is 0.335 e. The number of aromatic carboxylic acids is 1. The predicted molar refractivity (Wildman–Crippen MR) is 156 cm³/mol. The van der Waals surface area contributed by atoms with Crippen molar-refractivity contribution < 1.29 is 19.2 Å². The van der Waals surface area contributed by atoms with Gasteiger partial charge in [-0.05, 0) is 36.4 Å². The number of rotatable bonds is 10. The molecule has 210 valence electrons. The van der Waals surface area contributed by atoms with Crippen LogP contribution in [0.3, 0.4) is 0 Å². The minimum absolute atomic E-state index is 0.0649. The van der Waals surface area contributed by atoms with Crippen molar-refractivity contribution in [1.29, 1.82) is 0 Å². The SMILES string of the molecule is CN(C)c1cn(CCc2ccno2)c(=O)cc1-c1cc(NCc2ccc(Cl)s2)n(C(=O)c2ccc(C(=O)O)cc2)n1. The number of halogens is 1. The molecule has 0 aliphatic carbocycles. The van der Waals surface area contributed by atoms with Crippen molar-refractivity contribution in [3.63, 3.8) is 0 Å². The van der Waals surface area contributed by atoms with Crippen LogP contribution in [-0.2, 0) is 19.5 Å². The number of hydrogen-bond donors (Lipinski definition) is 2. The van der Waals surface area contributed by atoms with Gasteiger partial charge in [0.15, 0.2) is 0 Å². The summed E-state index contributed by atoms with van der Waals surface area (Å²) in [6.45, 7) is 0.780. The fourth-order valence-electron chi connectivity index (χ4n) is 4.19. The number of aryl methyl sites for hydroxylation is 2. The molecule has 1 aromatic carbocycles. The van der Waals surface area contributed by atoms with E-state index in [1.54, 1.807) is 35.2 Å². The van der Waals surface area contributed by atoms with E-state index in [0.29, 0.717) is 46.7 Å². The molecule has 0 atom stereocenters. The van der Waals surface area contributed by atoms with Crippen molar-refractivity contribution in [1.82, 2.24) is 19.5 Å². The molecule has 0 saturated carbocycles. The molecule has 0 saturated heterocycles. The first-order valence-electron chi connectivity index (χ1n) is 12.5. The van der Waals surface area contributed by atoms with E-state index in [1.807, 2.05) is 25.1 Å². The largest absolute Gasteiger partial charge is 0.478 e. The lowest BCUT2D eigenvalue weighted by molar-refractivity contribution is 0.0696. The molecule has 2 N–H and O–H groups in total. The van der Waals surface area contributed by atoms with Gasteiger partial charge in [0.25, 0.3) is 11.5 Å². The molecule has 5 aromatic rings. The number of carboxylic acid groups (broad SMARTS) is 1. The van der Waals surface area contributed by atoms with E-state index < -0.39 is 11.9 Å². The van der Waals surface area contributed by atoms with Gasteiger partial charge in [-0.1, -0.05) is 16.8 Å². The van der Waals surface area contributed by atoms with Crippen molar-refractivity contribution >= 4 is 46.3 Å². The van der Waals surface area contributed by atoms with Gasteiger partial charge in [0.05, 0.1) is 34.0 Å². The second-order valence-corrected chi connectivity index (χ2v) is 11.1. The zero-order chi connectivity index (χ0) is 29.1. The number of benzene rings is 1. The highest BCUT2D eigenvalue weighted by Crippen LogP contribution is 2.31. The fourth-order valence-corrected chi connectivity index (χ4v) is 5.22. The molecule has 11 nitrogen and oxygen atoms in total. The summed E-state index contributed by atoms with van der Waals surface area (Å²) in [7, 11) is 3.71. The van der Waals surface area contributed by atoms with Crippen molar-refractivity contribution in [3.8, 4) is 11.3 Å². The highest BCUT2D eigenvalue weighted by atomic mass is 35.5. The van der Waals surface area contributed by atoms with Gasteiger partial charge in [0.1, 0.15) is 11.6 Å². The summed E-state index contributed by atoms with van der Waals surface area (Å²) in [5.74, 6) is -0.486. The van der Waals surface area contributed by atoms with E-state index in [0.717, 1.165) is 10.6 Å². The lowest BCUT2D eigenvalue weighted by Crippen LogP contribution is -2.23. The van der Waals surface area contributed by atoms with E-state index in [4.69, 9.17) is 16.1 Å². The van der Waals surface area contributed by atoms with Crippen LogP contribution >= 0.6 is 22.9 Å². The van der Waals surface area contributed by atoms with Crippen LogP contribution < -0.4 is 15.8 Å². The lowest BCUT2D eigenvalue weighted by atomic mass is 10.1. The zero-order valence-electron chi connectivity index (χ0n) is 22.1. The molecule has 4 aromatic heterocycles. The maximum absolute atomic E-state index is 13.6. The summed E-state index contributed by atoms with van der Waals surface area (Å²) >= 11 is 7.49. The smallest absolute Gasteiger partial charge is 0.335 e. The summed E-state index contributed by atoms with van der Waals surface area (Å²) in [4.78, 5) is 40.8. The number of aromatic nitrogens is 4. The first kappa shape index (κ1) is 27.9.